The van der Waals surface area contributed by atoms with Crippen molar-refractivity contribution in [3.05, 3.63) is 28.2 Å². The standard InChI is InChI=1S/C9H12N4S/c1-13-8(11-12-9(13)10)5-4-7-3-2-6-14-7/h2-3,6H,4-5H2,1H3,(H2,10,12). The molecule has 2 rings (SSSR count). The highest BCUT2D eigenvalue weighted by Crippen LogP contribution is 2.12. The average molecular weight is 208 g/mol. The molecule has 0 unspecified atom stereocenters. The zero-order valence-corrected chi connectivity index (χ0v) is 8.79. The van der Waals surface area contributed by atoms with E-state index in [0.717, 1.165) is 18.7 Å². The van der Waals surface area contributed by atoms with E-state index in [-0.39, 0.29) is 0 Å². The zero-order chi connectivity index (χ0) is 9.97. The van der Waals surface area contributed by atoms with E-state index in [9.17, 15) is 0 Å². The monoisotopic (exact) mass is 208 g/mol. The fourth-order valence-electron chi connectivity index (χ4n) is 1.28. The number of thiophene rings is 1. The van der Waals surface area contributed by atoms with Crippen molar-refractivity contribution in [2.24, 2.45) is 7.05 Å². The van der Waals surface area contributed by atoms with Crippen molar-refractivity contribution in [1.29, 1.82) is 0 Å². The largest absolute Gasteiger partial charge is 0.368 e. The van der Waals surface area contributed by atoms with Crippen LogP contribution in [0, 0.1) is 0 Å². The molecule has 2 aromatic heterocycles. The SMILES string of the molecule is Cn1c(N)nnc1CCc1cccs1. The van der Waals surface area contributed by atoms with Gasteiger partial charge in [-0.05, 0) is 17.9 Å². The Hall–Kier alpha value is -1.36. The zero-order valence-electron chi connectivity index (χ0n) is 7.97. The molecule has 0 saturated carbocycles. The molecule has 74 valence electrons. The van der Waals surface area contributed by atoms with Crippen molar-refractivity contribution in [1.82, 2.24) is 14.8 Å². The lowest BCUT2D eigenvalue weighted by molar-refractivity contribution is 0.779. The Labute approximate surface area is 86.4 Å². The van der Waals surface area contributed by atoms with Gasteiger partial charge in [-0.1, -0.05) is 6.07 Å². The minimum Gasteiger partial charge on any atom is -0.368 e. The van der Waals surface area contributed by atoms with Gasteiger partial charge < -0.3 is 10.3 Å². The van der Waals surface area contributed by atoms with Gasteiger partial charge in [0.1, 0.15) is 5.82 Å². The van der Waals surface area contributed by atoms with Gasteiger partial charge in [-0.25, -0.2) is 0 Å². The summed E-state index contributed by atoms with van der Waals surface area (Å²) in [5.41, 5.74) is 5.58. The molecule has 14 heavy (non-hydrogen) atoms. The van der Waals surface area contributed by atoms with Crippen LogP contribution >= 0.6 is 11.3 Å². The Morgan fingerprint density at radius 1 is 1.43 bits per heavy atom. The first-order valence-corrected chi connectivity index (χ1v) is 5.31. The van der Waals surface area contributed by atoms with Crippen LogP contribution in [0.25, 0.3) is 0 Å². The molecule has 0 aromatic carbocycles. The predicted molar refractivity (Wildman–Crippen MR) is 57.1 cm³/mol. The number of hydrogen-bond acceptors (Lipinski definition) is 4. The van der Waals surface area contributed by atoms with Crippen LogP contribution in [-0.2, 0) is 19.9 Å². The normalized spacial score (nSPS) is 10.6. The number of nitrogens with two attached hydrogens (primary N) is 1. The molecule has 0 atom stereocenters. The van der Waals surface area contributed by atoms with Crippen molar-refractivity contribution in [2.75, 3.05) is 5.73 Å². The Bertz CT molecular complexity index is 404. The molecule has 0 saturated heterocycles. The topological polar surface area (TPSA) is 56.7 Å². The fourth-order valence-corrected chi connectivity index (χ4v) is 1.99. The molecule has 2 aromatic rings. The number of nitrogens with zero attached hydrogens (tertiary/aromatic N) is 3. The third kappa shape index (κ3) is 1.77. The van der Waals surface area contributed by atoms with Gasteiger partial charge in [-0.2, -0.15) is 0 Å². The van der Waals surface area contributed by atoms with Gasteiger partial charge in [0.15, 0.2) is 0 Å². The van der Waals surface area contributed by atoms with Gasteiger partial charge >= 0.3 is 0 Å². The second-order valence-corrected chi connectivity index (χ2v) is 4.15. The van der Waals surface area contributed by atoms with Crippen molar-refractivity contribution in [3.63, 3.8) is 0 Å². The summed E-state index contributed by atoms with van der Waals surface area (Å²) in [6.07, 6.45) is 1.89. The van der Waals surface area contributed by atoms with Crippen LogP contribution in [0.4, 0.5) is 5.95 Å². The van der Waals surface area contributed by atoms with Gasteiger partial charge in [0.05, 0.1) is 0 Å². The second-order valence-electron chi connectivity index (χ2n) is 3.11. The second kappa shape index (κ2) is 3.79. The predicted octanol–water partition coefficient (Wildman–Crippen LogP) is 1.24. The molecule has 2 heterocycles. The van der Waals surface area contributed by atoms with E-state index in [0.29, 0.717) is 5.95 Å². The molecule has 0 aliphatic carbocycles. The Morgan fingerprint density at radius 3 is 2.86 bits per heavy atom. The lowest BCUT2D eigenvalue weighted by Gasteiger charge is -1.99. The first-order chi connectivity index (χ1) is 6.77. The Kier molecular flexibility index (Phi) is 2.49. The molecule has 4 nitrogen and oxygen atoms in total. The highest BCUT2D eigenvalue weighted by Gasteiger charge is 2.05. The van der Waals surface area contributed by atoms with Crippen LogP contribution < -0.4 is 5.73 Å². The van der Waals surface area contributed by atoms with Crippen LogP contribution in [0.1, 0.15) is 10.7 Å². The van der Waals surface area contributed by atoms with Crippen LogP contribution in [0.3, 0.4) is 0 Å². The number of rotatable bonds is 3. The molecule has 5 heteroatoms. The summed E-state index contributed by atoms with van der Waals surface area (Å²) in [6.45, 7) is 0. The van der Waals surface area contributed by atoms with Crippen molar-refractivity contribution in [2.45, 2.75) is 12.8 Å². The summed E-state index contributed by atoms with van der Waals surface area (Å²) in [7, 11) is 1.89. The molecule has 0 spiro atoms. The summed E-state index contributed by atoms with van der Waals surface area (Å²) in [6, 6.07) is 4.19. The molecule has 0 aliphatic rings. The van der Waals surface area contributed by atoms with E-state index in [1.165, 1.54) is 4.88 Å². The summed E-state index contributed by atoms with van der Waals surface area (Å²) >= 11 is 1.77. The number of aryl methyl sites for hydroxylation is 2. The van der Waals surface area contributed by atoms with Gasteiger partial charge in [-0.15, -0.1) is 21.5 Å². The molecule has 0 radical (unpaired) electrons. The van der Waals surface area contributed by atoms with Crippen molar-refractivity contribution < 1.29 is 0 Å². The number of nitrogen functional groups attached to an aromatic ring is 1. The quantitative estimate of drug-likeness (QED) is 0.825. The molecule has 0 fully saturated rings. The molecule has 0 bridgehead atoms. The molecular weight excluding hydrogens is 196 g/mol. The first-order valence-electron chi connectivity index (χ1n) is 4.43. The summed E-state index contributed by atoms with van der Waals surface area (Å²) in [5, 5.41) is 9.90. The van der Waals surface area contributed by atoms with Crippen LogP contribution in [-0.4, -0.2) is 14.8 Å². The third-order valence-electron chi connectivity index (χ3n) is 2.17. The first kappa shape index (κ1) is 9.21. The van der Waals surface area contributed by atoms with E-state index in [1.807, 2.05) is 11.6 Å². The van der Waals surface area contributed by atoms with Gasteiger partial charge in [-0.3, -0.25) is 0 Å². The van der Waals surface area contributed by atoms with Crippen LogP contribution in [0.2, 0.25) is 0 Å². The van der Waals surface area contributed by atoms with E-state index >= 15 is 0 Å². The van der Waals surface area contributed by atoms with Gasteiger partial charge in [0, 0.05) is 18.3 Å². The van der Waals surface area contributed by atoms with E-state index in [4.69, 9.17) is 5.73 Å². The highest BCUT2D eigenvalue weighted by molar-refractivity contribution is 7.09. The summed E-state index contributed by atoms with van der Waals surface area (Å²) < 4.78 is 1.83. The smallest absolute Gasteiger partial charge is 0.221 e. The highest BCUT2D eigenvalue weighted by atomic mass is 32.1. The average Bonchev–Trinajstić information content (AvgIpc) is 2.77. The number of anilines is 1. The Morgan fingerprint density at radius 2 is 2.29 bits per heavy atom. The molecule has 0 aliphatic heterocycles. The lowest BCUT2D eigenvalue weighted by atomic mass is 10.2. The maximum atomic E-state index is 5.58. The van der Waals surface area contributed by atoms with Crippen LogP contribution in [0.15, 0.2) is 17.5 Å². The molecule has 2 N–H and O–H groups in total. The van der Waals surface area contributed by atoms with Crippen molar-refractivity contribution >= 4 is 17.3 Å². The number of aromatic nitrogens is 3. The Balaban J connectivity index is 2.02. The van der Waals surface area contributed by atoms with E-state index in [2.05, 4.69) is 27.7 Å². The van der Waals surface area contributed by atoms with Gasteiger partial charge in [0.2, 0.25) is 5.95 Å². The fraction of sp³-hybridized carbons (Fsp3) is 0.333. The minimum absolute atomic E-state index is 0.478. The summed E-state index contributed by atoms with van der Waals surface area (Å²) in [5.74, 6) is 1.42. The van der Waals surface area contributed by atoms with E-state index in [1.54, 1.807) is 11.3 Å². The summed E-state index contributed by atoms with van der Waals surface area (Å²) in [4.78, 5) is 1.37. The maximum Gasteiger partial charge on any atom is 0.221 e. The maximum absolute atomic E-state index is 5.58. The number of hydrogen-bond donors (Lipinski definition) is 1. The van der Waals surface area contributed by atoms with Crippen LogP contribution in [0.5, 0.6) is 0 Å². The third-order valence-corrected chi connectivity index (χ3v) is 3.11. The lowest BCUT2D eigenvalue weighted by Crippen LogP contribution is -2.02. The molecular formula is C9H12N4S. The van der Waals surface area contributed by atoms with E-state index < -0.39 is 0 Å². The minimum atomic E-state index is 0.478. The van der Waals surface area contributed by atoms with Crippen molar-refractivity contribution in [3.8, 4) is 0 Å². The van der Waals surface area contributed by atoms with Gasteiger partial charge in [0.25, 0.3) is 0 Å². The molecule has 0 amide bonds.